The summed E-state index contributed by atoms with van der Waals surface area (Å²) in [5.41, 5.74) is 4.08. The van der Waals surface area contributed by atoms with Crippen LogP contribution in [0.4, 0.5) is 5.69 Å². The molecule has 0 saturated carbocycles. The molecule has 1 aliphatic rings. The first kappa shape index (κ1) is 9.97. The minimum atomic E-state index is 0.603. The molecule has 15 heavy (non-hydrogen) atoms. The van der Waals surface area contributed by atoms with E-state index >= 15 is 0 Å². The lowest BCUT2D eigenvalue weighted by Crippen LogP contribution is -2.04. The molecule has 0 aromatic heterocycles. The van der Waals surface area contributed by atoms with Crippen LogP contribution in [0.25, 0.3) is 0 Å². The van der Waals surface area contributed by atoms with Gasteiger partial charge in [-0.05, 0) is 37.3 Å². The van der Waals surface area contributed by atoms with E-state index in [0.29, 0.717) is 5.92 Å². The van der Waals surface area contributed by atoms with Gasteiger partial charge in [0.25, 0.3) is 0 Å². The van der Waals surface area contributed by atoms with Crippen LogP contribution in [0.3, 0.4) is 0 Å². The van der Waals surface area contributed by atoms with Crippen molar-refractivity contribution in [2.24, 2.45) is 11.0 Å². The topological polar surface area (TPSA) is 24.4 Å². The molecule has 0 saturated heterocycles. The zero-order valence-electron chi connectivity index (χ0n) is 8.76. The van der Waals surface area contributed by atoms with Gasteiger partial charge in [0.1, 0.15) is 0 Å². The van der Waals surface area contributed by atoms with Crippen molar-refractivity contribution in [3.05, 3.63) is 42.5 Å². The number of anilines is 1. The van der Waals surface area contributed by atoms with E-state index < -0.39 is 0 Å². The van der Waals surface area contributed by atoms with Crippen molar-refractivity contribution in [2.75, 3.05) is 5.43 Å². The first-order valence-corrected chi connectivity index (χ1v) is 5.44. The van der Waals surface area contributed by atoms with Crippen molar-refractivity contribution in [2.45, 2.75) is 19.3 Å². The van der Waals surface area contributed by atoms with Crippen LogP contribution in [0.15, 0.2) is 47.6 Å². The van der Waals surface area contributed by atoms with E-state index in [4.69, 9.17) is 0 Å². The highest BCUT2D eigenvalue weighted by Crippen LogP contribution is 2.15. The molecule has 0 spiro atoms. The number of nitrogens with one attached hydrogen (secondary N) is 1. The van der Waals surface area contributed by atoms with Gasteiger partial charge in [0, 0.05) is 6.21 Å². The zero-order valence-corrected chi connectivity index (χ0v) is 8.76. The maximum Gasteiger partial charge on any atom is 0.0561 e. The van der Waals surface area contributed by atoms with Crippen molar-refractivity contribution in [3.63, 3.8) is 0 Å². The molecule has 78 valence electrons. The monoisotopic (exact) mass is 200 g/mol. The molecule has 1 N–H and O–H groups in total. The van der Waals surface area contributed by atoms with Crippen LogP contribution in [0.2, 0.25) is 0 Å². The Bertz CT molecular complexity index is 341. The lowest BCUT2D eigenvalue weighted by atomic mass is 9.96. The fraction of sp³-hybridized carbons (Fsp3) is 0.308. The van der Waals surface area contributed by atoms with Crippen LogP contribution >= 0.6 is 0 Å². The number of nitrogens with zero attached hydrogens (tertiary/aromatic N) is 1. The molecule has 0 heterocycles. The zero-order chi connectivity index (χ0) is 10.3. The average molecular weight is 200 g/mol. The van der Waals surface area contributed by atoms with Gasteiger partial charge < -0.3 is 0 Å². The Hall–Kier alpha value is -1.57. The minimum absolute atomic E-state index is 0.603. The van der Waals surface area contributed by atoms with Crippen LogP contribution in [-0.4, -0.2) is 6.21 Å². The van der Waals surface area contributed by atoms with E-state index in [0.717, 1.165) is 12.1 Å². The smallest absolute Gasteiger partial charge is 0.0561 e. The van der Waals surface area contributed by atoms with Gasteiger partial charge in [-0.15, -0.1) is 0 Å². The second-order valence-electron chi connectivity index (χ2n) is 3.80. The van der Waals surface area contributed by atoms with Crippen LogP contribution in [0, 0.1) is 5.92 Å². The summed E-state index contributed by atoms with van der Waals surface area (Å²) < 4.78 is 0. The molecule has 2 rings (SSSR count). The molecular weight excluding hydrogens is 184 g/mol. The first-order valence-electron chi connectivity index (χ1n) is 5.44. The Morgan fingerprint density at radius 3 is 2.80 bits per heavy atom. The van der Waals surface area contributed by atoms with Gasteiger partial charge in [-0.2, -0.15) is 5.10 Å². The predicted octanol–water partition coefficient (Wildman–Crippen LogP) is 3.44. The number of hydrogen-bond acceptors (Lipinski definition) is 2. The van der Waals surface area contributed by atoms with Gasteiger partial charge in [0.2, 0.25) is 0 Å². The maximum absolute atomic E-state index is 4.26. The summed E-state index contributed by atoms with van der Waals surface area (Å²) >= 11 is 0. The van der Waals surface area contributed by atoms with Crippen LogP contribution < -0.4 is 5.43 Å². The Balaban J connectivity index is 1.82. The number of benzene rings is 1. The van der Waals surface area contributed by atoms with E-state index in [-0.39, 0.29) is 0 Å². The first-order chi connectivity index (χ1) is 7.45. The molecule has 1 atom stereocenters. The summed E-state index contributed by atoms with van der Waals surface area (Å²) in [5, 5.41) is 4.26. The van der Waals surface area contributed by atoms with Crippen molar-refractivity contribution in [3.8, 4) is 0 Å². The second-order valence-corrected chi connectivity index (χ2v) is 3.80. The van der Waals surface area contributed by atoms with Gasteiger partial charge in [-0.3, -0.25) is 5.43 Å². The average Bonchev–Trinajstić information content (AvgIpc) is 2.32. The molecule has 2 nitrogen and oxygen atoms in total. The van der Waals surface area contributed by atoms with Gasteiger partial charge in [0.15, 0.2) is 0 Å². The Morgan fingerprint density at radius 2 is 2.07 bits per heavy atom. The van der Waals surface area contributed by atoms with E-state index in [2.05, 4.69) is 22.7 Å². The normalized spacial score (nSPS) is 20.7. The number of allylic oxidation sites excluding steroid dienone is 2. The largest absolute Gasteiger partial charge is 0.279 e. The Kier molecular flexibility index (Phi) is 3.55. The molecule has 0 radical (unpaired) electrons. The van der Waals surface area contributed by atoms with E-state index in [1.807, 2.05) is 36.5 Å². The van der Waals surface area contributed by atoms with E-state index in [1.165, 1.54) is 12.8 Å². The molecule has 1 aromatic rings. The molecule has 0 aliphatic heterocycles. The SMILES string of the molecule is C1=CCC(/C=N/Nc2ccccc2)CC1. The van der Waals surface area contributed by atoms with Crippen molar-refractivity contribution in [1.82, 2.24) is 0 Å². The highest BCUT2D eigenvalue weighted by atomic mass is 15.3. The number of para-hydroxylation sites is 1. The van der Waals surface area contributed by atoms with Gasteiger partial charge in [-0.25, -0.2) is 0 Å². The number of hydrogen-bond donors (Lipinski definition) is 1. The third kappa shape index (κ3) is 3.24. The summed E-state index contributed by atoms with van der Waals surface area (Å²) in [6.45, 7) is 0. The van der Waals surface area contributed by atoms with Crippen LogP contribution in [0.5, 0.6) is 0 Å². The highest BCUT2D eigenvalue weighted by molar-refractivity contribution is 5.63. The van der Waals surface area contributed by atoms with Gasteiger partial charge in [0.05, 0.1) is 5.69 Å². The lowest BCUT2D eigenvalue weighted by Gasteiger charge is -2.11. The summed E-state index contributed by atoms with van der Waals surface area (Å²) in [7, 11) is 0. The predicted molar refractivity (Wildman–Crippen MR) is 65.0 cm³/mol. The fourth-order valence-corrected chi connectivity index (χ4v) is 1.68. The molecule has 1 aliphatic carbocycles. The molecule has 0 amide bonds. The molecule has 2 heteroatoms. The Morgan fingerprint density at radius 1 is 1.20 bits per heavy atom. The third-order valence-corrected chi connectivity index (χ3v) is 2.56. The van der Waals surface area contributed by atoms with E-state index in [9.17, 15) is 0 Å². The molecule has 1 aromatic carbocycles. The lowest BCUT2D eigenvalue weighted by molar-refractivity contribution is 0.627. The van der Waals surface area contributed by atoms with Crippen molar-refractivity contribution < 1.29 is 0 Å². The summed E-state index contributed by atoms with van der Waals surface area (Å²) in [5.74, 6) is 0.603. The summed E-state index contributed by atoms with van der Waals surface area (Å²) in [4.78, 5) is 0. The number of rotatable bonds is 3. The number of hydrazone groups is 1. The van der Waals surface area contributed by atoms with Gasteiger partial charge >= 0.3 is 0 Å². The quantitative estimate of drug-likeness (QED) is 0.451. The van der Waals surface area contributed by atoms with Crippen molar-refractivity contribution in [1.29, 1.82) is 0 Å². The molecule has 1 unspecified atom stereocenters. The van der Waals surface area contributed by atoms with Gasteiger partial charge in [-0.1, -0.05) is 30.4 Å². The third-order valence-electron chi connectivity index (χ3n) is 2.56. The van der Waals surface area contributed by atoms with Crippen LogP contribution in [-0.2, 0) is 0 Å². The highest BCUT2D eigenvalue weighted by Gasteiger charge is 2.05. The summed E-state index contributed by atoms with van der Waals surface area (Å²) in [6.07, 6.45) is 10.0. The minimum Gasteiger partial charge on any atom is -0.279 e. The van der Waals surface area contributed by atoms with E-state index in [1.54, 1.807) is 0 Å². The van der Waals surface area contributed by atoms with Crippen LogP contribution in [0.1, 0.15) is 19.3 Å². The fourth-order valence-electron chi connectivity index (χ4n) is 1.68. The Labute approximate surface area is 90.7 Å². The maximum atomic E-state index is 4.26. The standard InChI is InChI=1S/C13H16N2/c1-3-7-12(8-4-1)11-14-15-13-9-5-2-6-10-13/h1-3,5-6,9-12,15H,4,7-8H2/b14-11+. The van der Waals surface area contributed by atoms with Crippen molar-refractivity contribution >= 4 is 11.9 Å². The summed E-state index contributed by atoms with van der Waals surface area (Å²) in [6, 6.07) is 10.0. The molecule has 0 fully saturated rings. The second kappa shape index (κ2) is 5.35. The molecule has 0 bridgehead atoms. The molecular formula is C13H16N2.